The summed E-state index contributed by atoms with van der Waals surface area (Å²) in [4.78, 5) is 10.9. The van der Waals surface area contributed by atoms with E-state index in [2.05, 4.69) is 4.74 Å². The molecule has 0 aliphatic carbocycles. The zero-order chi connectivity index (χ0) is 12.1. The van der Waals surface area contributed by atoms with E-state index in [1.807, 2.05) is 0 Å². The lowest BCUT2D eigenvalue weighted by atomic mass is 10.2. The molecule has 0 rings (SSSR count). The fraction of sp³-hybridized carbons (Fsp3) is 0.375. The summed E-state index contributed by atoms with van der Waals surface area (Å²) in [5, 5.41) is 16.6. The van der Waals surface area contributed by atoms with E-state index in [1.165, 1.54) is 12.1 Å². The van der Waals surface area contributed by atoms with Crippen LogP contribution in [0, 0.1) is 22.7 Å². The van der Waals surface area contributed by atoms with Crippen LogP contribution in [-0.2, 0) is 9.53 Å². The van der Waals surface area contributed by atoms with Crippen LogP contribution in [0.25, 0.3) is 0 Å². The number of hydrogen-bond acceptors (Lipinski definition) is 4. The lowest BCUT2D eigenvalue weighted by molar-refractivity contribution is -0.183. The van der Waals surface area contributed by atoms with Crippen LogP contribution in [0.5, 0.6) is 0 Å². The SMILES string of the molecule is CC(C(=O)OCC(F)(F)F)=C(C#N)C#N. The largest absolute Gasteiger partial charge is 0.453 e. The summed E-state index contributed by atoms with van der Waals surface area (Å²) < 4.78 is 38.7. The molecule has 80 valence electrons. The van der Waals surface area contributed by atoms with Gasteiger partial charge in [0.05, 0.1) is 5.57 Å². The summed E-state index contributed by atoms with van der Waals surface area (Å²) in [6.45, 7) is -0.701. The standard InChI is InChI=1S/C8H5F3N2O2/c1-5(6(2-12)3-13)7(14)15-4-8(9,10)11/h4H2,1H3. The summed E-state index contributed by atoms with van der Waals surface area (Å²) in [6, 6.07) is 2.73. The third kappa shape index (κ3) is 4.67. The zero-order valence-corrected chi connectivity index (χ0v) is 7.55. The van der Waals surface area contributed by atoms with E-state index in [9.17, 15) is 18.0 Å². The van der Waals surface area contributed by atoms with E-state index in [-0.39, 0.29) is 0 Å². The number of nitrogens with zero attached hydrogens (tertiary/aromatic N) is 2. The highest BCUT2D eigenvalue weighted by molar-refractivity contribution is 5.90. The Morgan fingerprint density at radius 1 is 1.33 bits per heavy atom. The molecule has 0 saturated heterocycles. The molecule has 0 bridgehead atoms. The number of carbonyl (C=O) groups is 1. The molecule has 0 fully saturated rings. The molecule has 0 aromatic carbocycles. The normalized spacial score (nSPS) is 9.73. The number of rotatable bonds is 2. The van der Waals surface area contributed by atoms with Crippen LogP contribution in [0.3, 0.4) is 0 Å². The first kappa shape index (κ1) is 13.0. The maximum absolute atomic E-state index is 11.6. The van der Waals surface area contributed by atoms with Gasteiger partial charge in [-0.1, -0.05) is 0 Å². The highest BCUT2D eigenvalue weighted by Crippen LogP contribution is 2.15. The molecule has 15 heavy (non-hydrogen) atoms. The van der Waals surface area contributed by atoms with Gasteiger partial charge in [0.25, 0.3) is 0 Å². The van der Waals surface area contributed by atoms with Crippen molar-refractivity contribution in [3.05, 3.63) is 11.1 Å². The Bertz CT molecular complexity index is 355. The quantitative estimate of drug-likeness (QED) is 0.399. The van der Waals surface area contributed by atoms with Gasteiger partial charge in [-0.2, -0.15) is 23.7 Å². The van der Waals surface area contributed by atoms with Gasteiger partial charge in [0.1, 0.15) is 17.7 Å². The molecule has 0 unspecified atom stereocenters. The van der Waals surface area contributed by atoms with E-state index in [0.29, 0.717) is 0 Å². The fourth-order valence-electron chi connectivity index (χ4n) is 0.550. The van der Waals surface area contributed by atoms with Gasteiger partial charge < -0.3 is 4.74 Å². The number of nitriles is 2. The molecule has 0 spiro atoms. The second-order valence-electron chi connectivity index (χ2n) is 2.41. The number of alkyl halides is 3. The summed E-state index contributed by atoms with van der Waals surface area (Å²) in [5.74, 6) is -1.33. The van der Waals surface area contributed by atoms with E-state index in [4.69, 9.17) is 10.5 Å². The molecular weight excluding hydrogens is 213 g/mol. The third-order valence-corrected chi connectivity index (χ3v) is 1.27. The second-order valence-corrected chi connectivity index (χ2v) is 2.41. The lowest BCUT2D eigenvalue weighted by Crippen LogP contribution is -2.21. The molecule has 0 aliphatic heterocycles. The van der Waals surface area contributed by atoms with Crippen molar-refractivity contribution in [2.24, 2.45) is 0 Å². The molecule has 0 radical (unpaired) electrons. The first-order valence-corrected chi connectivity index (χ1v) is 3.56. The second kappa shape index (κ2) is 5.01. The Hall–Kier alpha value is -2.02. The predicted molar refractivity (Wildman–Crippen MR) is 40.9 cm³/mol. The van der Waals surface area contributed by atoms with Gasteiger partial charge in [0, 0.05) is 0 Å². The summed E-state index contributed by atoms with van der Waals surface area (Å²) in [7, 11) is 0. The molecule has 0 atom stereocenters. The Kier molecular flexibility index (Phi) is 4.33. The number of halogens is 3. The van der Waals surface area contributed by atoms with E-state index in [1.54, 1.807) is 0 Å². The van der Waals surface area contributed by atoms with Gasteiger partial charge in [-0.3, -0.25) is 0 Å². The number of carbonyl (C=O) groups excluding carboxylic acids is 1. The summed E-state index contributed by atoms with van der Waals surface area (Å²) >= 11 is 0. The number of esters is 1. The number of ether oxygens (including phenoxy) is 1. The topological polar surface area (TPSA) is 73.9 Å². The predicted octanol–water partition coefficient (Wildman–Crippen LogP) is 1.46. The van der Waals surface area contributed by atoms with Gasteiger partial charge >= 0.3 is 12.1 Å². The fourth-order valence-corrected chi connectivity index (χ4v) is 0.550. The van der Waals surface area contributed by atoms with Crippen LogP contribution in [-0.4, -0.2) is 18.8 Å². The average molecular weight is 218 g/mol. The molecule has 0 aromatic rings. The maximum atomic E-state index is 11.6. The van der Waals surface area contributed by atoms with Gasteiger partial charge in [0.15, 0.2) is 6.61 Å². The van der Waals surface area contributed by atoms with Crippen molar-refractivity contribution in [2.75, 3.05) is 6.61 Å². The zero-order valence-electron chi connectivity index (χ0n) is 7.55. The first-order chi connectivity index (χ1) is 6.81. The van der Waals surface area contributed by atoms with Crippen LogP contribution in [0.2, 0.25) is 0 Å². The van der Waals surface area contributed by atoms with E-state index < -0.39 is 29.9 Å². The Balaban J connectivity index is 4.58. The maximum Gasteiger partial charge on any atom is 0.422 e. The number of allylic oxidation sites excluding steroid dienone is 1. The highest BCUT2D eigenvalue weighted by Gasteiger charge is 2.30. The molecule has 7 heteroatoms. The van der Waals surface area contributed by atoms with Crippen molar-refractivity contribution in [2.45, 2.75) is 13.1 Å². The minimum absolute atomic E-state index is 0.441. The molecule has 0 heterocycles. The van der Waals surface area contributed by atoms with Crippen molar-refractivity contribution in [3.8, 4) is 12.1 Å². The highest BCUT2D eigenvalue weighted by atomic mass is 19.4. The van der Waals surface area contributed by atoms with Crippen molar-refractivity contribution in [3.63, 3.8) is 0 Å². The van der Waals surface area contributed by atoms with Crippen molar-refractivity contribution < 1.29 is 22.7 Å². The minimum Gasteiger partial charge on any atom is -0.453 e. The van der Waals surface area contributed by atoms with E-state index >= 15 is 0 Å². The van der Waals surface area contributed by atoms with Crippen LogP contribution in [0.4, 0.5) is 13.2 Å². The summed E-state index contributed by atoms with van der Waals surface area (Å²) in [5.41, 5.74) is -1.01. The molecule has 0 aliphatic rings. The summed E-state index contributed by atoms with van der Waals surface area (Å²) in [6.07, 6.45) is -4.63. The molecular formula is C8H5F3N2O2. The van der Waals surface area contributed by atoms with Gasteiger partial charge in [0.2, 0.25) is 0 Å². The molecule has 0 aromatic heterocycles. The smallest absolute Gasteiger partial charge is 0.422 e. The van der Waals surface area contributed by atoms with Gasteiger partial charge in [-0.15, -0.1) is 0 Å². The third-order valence-electron chi connectivity index (χ3n) is 1.27. The monoisotopic (exact) mass is 218 g/mol. The van der Waals surface area contributed by atoms with Crippen LogP contribution in [0.1, 0.15) is 6.92 Å². The molecule has 0 N–H and O–H groups in total. The van der Waals surface area contributed by atoms with Crippen molar-refractivity contribution in [1.29, 1.82) is 10.5 Å². The van der Waals surface area contributed by atoms with Gasteiger partial charge in [-0.25, -0.2) is 4.79 Å². The van der Waals surface area contributed by atoms with Crippen LogP contribution >= 0.6 is 0 Å². The molecule has 4 nitrogen and oxygen atoms in total. The Morgan fingerprint density at radius 3 is 2.13 bits per heavy atom. The van der Waals surface area contributed by atoms with Gasteiger partial charge in [-0.05, 0) is 6.92 Å². The Morgan fingerprint density at radius 2 is 1.80 bits per heavy atom. The number of hydrogen-bond donors (Lipinski definition) is 0. The van der Waals surface area contributed by atoms with Crippen LogP contribution < -0.4 is 0 Å². The first-order valence-electron chi connectivity index (χ1n) is 3.56. The molecule has 0 saturated carbocycles. The van der Waals surface area contributed by atoms with E-state index in [0.717, 1.165) is 6.92 Å². The lowest BCUT2D eigenvalue weighted by Gasteiger charge is -2.07. The van der Waals surface area contributed by atoms with Crippen molar-refractivity contribution >= 4 is 5.97 Å². The average Bonchev–Trinajstić information content (AvgIpc) is 2.14. The molecule has 0 amide bonds. The minimum atomic E-state index is -4.63. The van der Waals surface area contributed by atoms with Crippen LogP contribution in [0.15, 0.2) is 11.1 Å². The van der Waals surface area contributed by atoms with Crippen molar-refractivity contribution in [1.82, 2.24) is 0 Å². The Labute approximate surface area is 83.2 Å².